The van der Waals surface area contributed by atoms with Gasteiger partial charge in [0.1, 0.15) is 5.75 Å². The highest BCUT2D eigenvalue weighted by atomic mass is 16.5. The number of carboxylic acids is 1. The first-order valence-corrected chi connectivity index (χ1v) is 4.67. The van der Waals surface area contributed by atoms with E-state index in [2.05, 4.69) is 0 Å². The minimum absolute atomic E-state index is 0.224. The van der Waals surface area contributed by atoms with Gasteiger partial charge in [-0.15, -0.1) is 0 Å². The number of aliphatic carboxylic acids is 1. The van der Waals surface area contributed by atoms with E-state index in [1.54, 1.807) is 7.11 Å². The summed E-state index contributed by atoms with van der Waals surface area (Å²) in [5, 5.41) is 17.5. The molecular weight excluding hydrogens is 196 g/mol. The maximum atomic E-state index is 10.4. The van der Waals surface area contributed by atoms with E-state index < -0.39 is 12.1 Å². The molecule has 0 unspecified atom stereocenters. The molecule has 2 N–H and O–H groups in total. The van der Waals surface area contributed by atoms with E-state index in [0.29, 0.717) is 6.42 Å². The van der Waals surface area contributed by atoms with E-state index in [4.69, 9.17) is 14.9 Å². The summed E-state index contributed by atoms with van der Waals surface area (Å²) in [6.07, 6.45) is -0.522. The van der Waals surface area contributed by atoms with Crippen molar-refractivity contribution in [3.8, 4) is 5.75 Å². The number of aliphatic hydroxyl groups excluding tert-OH is 1. The molecule has 0 aliphatic heterocycles. The fourth-order valence-corrected chi connectivity index (χ4v) is 1.22. The lowest BCUT2D eigenvalue weighted by molar-refractivity contribution is -0.146. The molecule has 15 heavy (non-hydrogen) atoms. The number of carboxylic acid groups (broad SMARTS) is 1. The summed E-state index contributed by atoms with van der Waals surface area (Å²) in [5.74, 6) is -0.416. The Hall–Kier alpha value is -1.55. The van der Waals surface area contributed by atoms with Gasteiger partial charge in [0.05, 0.1) is 7.11 Å². The Kier molecular flexibility index (Phi) is 4.12. The van der Waals surface area contributed by atoms with Crippen LogP contribution in [0.5, 0.6) is 5.75 Å². The van der Waals surface area contributed by atoms with Gasteiger partial charge >= 0.3 is 5.97 Å². The highest BCUT2D eigenvalue weighted by Gasteiger charge is 2.12. The molecule has 0 aliphatic carbocycles. The largest absolute Gasteiger partial charge is 0.497 e. The van der Waals surface area contributed by atoms with Crippen LogP contribution in [-0.2, 0) is 11.2 Å². The Labute approximate surface area is 88.1 Å². The van der Waals surface area contributed by atoms with Crippen LogP contribution < -0.4 is 4.74 Å². The topological polar surface area (TPSA) is 66.8 Å². The second kappa shape index (κ2) is 5.36. The van der Waals surface area contributed by atoms with Gasteiger partial charge in [-0.05, 0) is 30.5 Å². The van der Waals surface area contributed by atoms with Gasteiger partial charge < -0.3 is 14.9 Å². The molecule has 1 atom stereocenters. The first kappa shape index (κ1) is 11.5. The lowest BCUT2D eigenvalue weighted by atomic mass is 10.1. The van der Waals surface area contributed by atoms with E-state index >= 15 is 0 Å². The average Bonchev–Trinajstić information content (AvgIpc) is 2.26. The van der Waals surface area contributed by atoms with Crippen LogP contribution in [0.15, 0.2) is 24.3 Å². The molecule has 1 rings (SSSR count). The minimum atomic E-state index is -1.29. The van der Waals surface area contributed by atoms with Crippen molar-refractivity contribution in [3.63, 3.8) is 0 Å². The second-order valence-electron chi connectivity index (χ2n) is 3.24. The smallest absolute Gasteiger partial charge is 0.332 e. The molecule has 1 aromatic rings. The summed E-state index contributed by atoms with van der Waals surface area (Å²) in [5.41, 5.74) is 0.983. The third kappa shape index (κ3) is 3.59. The molecule has 0 fully saturated rings. The average molecular weight is 210 g/mol. The van der Waals surface area contributed by atoms with Crippen molar-refractivity contribution in [1.82, 2.24) is 0 Å². The predicted molar refractivity (Wildman–Crippen MR) is 55.0 cm³/mol. The Morgan fingerprint density at radius 1 is 1.40 bits per heavy atom. The Morgan fingerprint density at radius 2 is 2.00 bits per heavy atom. The molecule has 82 valence electrons. The van der Waals surface area contributed by atoms with Gasteiger partial charge in [0.15, 0.2) is 6.10 Å². The van der Waals surface area contributed by atoms with Crippen molar-refractivity contribution in [3.05, 3.63) is 29.8 Å². The zero-order valence-corrected chi connectivity index (χ0v) is 8.51. The van der Waals surface area contributed by atoms with Crippen LogP contribution in [0.2, 0.25) is 0 Å². The van der Waals surface area contributed by atoms with Gasteiger partial charge in [0.2, 0.25) is 0 Å². The number of benzene rings is 1. The highest BCUT2D eigenvalue weighted by molar-refractivity contribution is 5.71. The molecule has 4 heteroatoms. The van der Waals surface area contributed by atoms with Crippen molar-refractivity contribution in [1.29, 1.82) is 0 Å². The van der Waals surface area contributed by atoms with Gasteiger partial charge in [0.25, 0.3) is 0 Å². The Bertz CT molecular complexity index is 318. The monoisotopic (exact) mass is 210 g/mol. The van der Waals surface area contributed by atoms with Crippen molar-refractivity contribution in [2.75, 3.05) is 7.11 Å². The summed E-state index contributed by atoms with van der Waals surface area (Å²) in [7, 11) is 1.59. The predicted octanol–water partition coefficient (Wildman–Crippen LogP) is 1.07. The standard InChI is InChI=1S/C11H14O4/c1-15-9-5-2-8(3-6-9)4-7-10(12)11(13)14/h2-3,5-6,10,12H,4,7H2,1H3,(H,13,14)/t10-/m0/s1. The van der Waals surface area contributed by atoms with Crippen LogP contribution in [0.1, 0.15) is 12.0 Å². The number of carbonyl (C=O) groups is 1. The number of aryl methyl sites for hydroxylation is 1. The van der Waals surface area contributed by atoms with Gasteiger partial charge in [-0.1, -0.05) is 12.1 Å². The summed E-state index contributed by atoms with van der Waals surface area (Å²) in [6, 6.07) is 7.33. The number of hydrogen-bond acceptors (Lipinski definition) is 3. The SMILES string of the molecule is COc1ccc(CC[C@H](O)C(=O)O)cc1. The fourth-order valence-electron chi connectivity index (χ4n) is 1.22. The Morgan fingerprint density at radius 3 is 2.47 bits per heavy atom. The third-order valence-corrected chi connectivity index (χ3v) is 2.15. The molecule has 0 radical (unpaired) electrons. The van der Waals surface area contributed by atoms with Crippen molar-refractivity contribution in [2.45, 2.75) is 18.9 Å². The van der Waals surface area contributed by atoms with Crippen molar-refractivity contribution < 1.29 is 19.7 Å². The van der Waals surface area contributed by atoms with E-state index in [1.807, 2.05) is 24.3 Å². The molecule has 0 bridgehead atoms. The summed E-state index contributed by atoms with van der Waals surface area (Å²) in [4.78, 5) is 10.4. The number of methoxy groups -OCH3 is 1. The summed E-state index contributed by atoms with van der Waals surface area (Å²) >= 11 is 0. The van der Waals surface area contributed by atoms with Crippen LogP contribution in [0.4, 0.5) is 0 Å². The lowest BCUT2D eigenvalue weighted by Crippen LogP contribution is -2.19. The molecular formula is C11H14O4. The normalized spacial score (nSPS) is 12.1. The zero-order chi connectivity index (χ0) is 11.3. The minimum Gasteiger partial charge on any atom is -0.497 e. The lowest BCUT2D eigenvalue weighted by Gasteiger charge is -2.05. The molecule has 1 aromatic carbocycles. The van der Waals surface area contributed by atoms with Crippen LogP contribution in [0, 0.1) is 0 Å². The maximum Gasteiger partial charge on any atom is 0.332 e. The third-order valence-electron chi connectivity index (χ3n) is 2.15. The second-order valence-corrected chi connectivity index (χ2v) is 3.24. The van der Waals surface area contributed by atoms with Crippen LogP contribution in [-0.4, -0.2) is 29.4 Å². The molecule has 0 amide bonds. The Balaban J connectivity index is 2.47. The number of aliphatic hydroxyl groups is 1. The van der Waals surface area contributed by atoms with Gasteiger partial charge in [-0.2, -0.15) is 0 Å². The quantitative estimate of drug-likeness (QED) is 0.763. The van der Waals surface area contributed by atoms with Crippen LogP contribution in [0.25, 0.3) is 0 Å². The zero-order valence-electron chi connectivity index (χ0n) is 8.51. The van der Waals surface area contributed by atoms with E-state index in [0.717, 1.165) is 11.3 Å². The molecule has 0 heterocycles. The molecule has 0 aliphatic rings. The molecule has 0 saturated carbocycles. The number of ether oxygens (including phenoxy) is 1. The van der Waals surface area contributed by atoms with Crippen LogP contribution >= 0.6 is 0 Å². The molecule has 0 aromatic heterocycles. The van der Waals surface area contributed by atoms with Crippen molar-refractivity contribution >= 4 is 5.97 Å². The van der Waals surface area contributed by atoms with Crippen LogP contribution in [0.3, 0.4) is 0 Å². The van der Waals surface area contributed by atoms with E-state index in [9.17, 15) is 4.79 Å². The summed E-state index contributed by atoms with van der Waals surface area (Å²) < 4.78 is 4.99. The van der Waals surface area contributed by atoms with Gasteiger partial charge in [-0.25, -0.2) is 4.79 Å². The molecule has 0 spiro atoms. The first-order chi connectivity index (χ1) is 7.13. The first-order valence-electron chi connectivity index (χ1n) is 4.67. The van der Waals surface area contributed by atoms with E-state index in [-0.39, 0.29) is 6.42 Å². The van der Waals surface area contributed by atoms with Crippen molar-refractivity contribution in [2.24, 2.45) is 0 Å². The van der Waals surface area contributed by atoms with E-state index in [1.165, 1.54) is 0 Å². The van der Waals surface area contributed by atoms with Gasteiger partial charge in [0, 0.05) is 0 Å². The molecule has 4 nitrogen and oxygen atoms in total. The summed E-state index contributed by atoms with van der Waals surface area (Å²) in [6.45, 7) is 0. The maximum absolute atomic E-state index is 10.4. The van der Waals surface area contributed by atoms with Gasteiger partial charge in [-0.3, -0.25) is 0 Å². The number of hydrogen-bond donors (Lipinski definition) is 2. The molecule has 0 saturated heterocycles. The highest BCUT2D eigenvalue weighted by Crippen LogP contribution is 2.13. The fraction of sp³-hybridized carbons (Fsp3) is 0.364. The number of rotatable bonds is 5.